The van der Waals surface area contributed by atoms with E-state index in [1.165, 1.54) is 5.01 Å². The van der Waals surface area contributed by atoms with Crippen molar-refractivity contribution < 1.29 is 9.90 Å². The molecule has 0 aliphatic carbocycles. The molecule has 1 atom stereocenters. The van der Waals surface area contributed by atoms with Crippen LogP contribution in [0.25, 0.3) is 0 Å². The molecule has 0 spiro atoms. The summed E-state index contributed by atoms with van der Waals surface area (Å²) in [4.78, 5) is 17.2. The maximum absolute atomic E-state index is 13.0. The van der Waals surface area contributed by atoms with Gasteiger partial charge >= 0.3 is 0 Å². The minimum Gasteiger partial charge on any atom is -0.508 e. The lowest BCUT2D eigenvalue weighted by Gasteiger charge is -2.22. The lowest BCUT2D eigenvalue weighted by molar-refractivity contribution is 0.0709. The van der Waals surface area contributed by atoms with Gasteiger partial charge in [-0.1, -0.05) is 42.5 Å². The summed E-state index contributed by atoms with van der Waals surface area (Å²) >= 11 is 0. The smallest absolute Gasteiger partial charge is 0.274 e. The molecule has 1 aliphatic rings. The van der Waals surface area contributed by atoms with Crippen molar-refractivity contribution in [1.82, 2.24) is 9.99 Å². The van der Waals surface area contributed by atoms with Crippen LogP contribution in [0.2, 0.25) is 0 Å². The van der Waals surface area contributed by atoms with E-state index < -0.39 is 0 Å². The third-order valence-electron chi connectivity index (χ3n) is 4.43. The molecule has 0 radical (unpaired) electrons. The normalized spacial score (nSPS) is 16.4. The van der Waals surface area contributed by atoms with E-state index in [1.807, 2.05) is 42.5 Å². The lowest BCUT2D eigenvalue weighted by Crippen LogP contribution is -2.27. The Hall–Kier alpha value is -3.47. The minimum absolute atomic E-state index is 0.158. The summed E-state index contributed by atoms with van der Waals surface area (Å²) in [6, 6.07) is 19.5. The molecule has 2 heterocycles. The Morgan fingerprint density at radius 1 is 1.00 bits per heavy atom. The number of hydrazone groups is 1. The monoisotopic (exact) mass is 343 g/mol. The number of pyridine rings is 1. The van der Waals surface area contributed by atoms with Gasteiger partial charge < -0.3 is 5.11 Å². The number of nitrogens with zero attached hydrogens (tertiary/aromatic N) is 3. The van der Waals surface area contributed by atoms with Crippen LogP contribution in [0, 0.1) is 0 Å². The first kappa shape index (κ1) is 16.0. The molecular weight excluding hydrogens is 326 g/mol. The number of hydrogen-bond acceptors (Lipinski definition) is 4. The maximum atomic E-state index is 13.0. The highest BCUT2D eigenvalue weighted by Gasteiger charge is 2.34. The van der Waals surface area contributed by atoms with Crippen molar-refractivity contribution in [3.05, 3.63) is 95.8 Å². The molecule has 1 N–H and O–H groups in total. The van der Waals surface area contributed by atoms with Gasteiger partial charge in [-0.2, -0.15) is 5.10 Å². The summed E-state index contributed by atoms with van der Waals surface area (Å²) in [5.41, 5.74) is 2.88. The van der Waals surface area contributed by atoms with Crippen molar-refractivity contribution in [1.29, 1.82) is 0 Å². The Kier molecular flexibility index (Phi) is 4.19. The van der Waals surface area contributed by atoms with Crippen LogP contribution in [-0.4, -0.2) is 26.7 Å². The number of aromatic hydroxyl groups is 1. The Labute approximate surface area is 151 Å². The molecule has 0 bridgehead atoms. The van der Waals surface area contributed by atoms with Crippen molar-refractivity contribution in [3.8, 4) is 5.75 Å². The molecule has 1 aliphatic heterocycles. The fraction of sp³-hybridized carbons (Fsp3) is 0.0952. The number of carbonyl (C=O) groups is 1. The topological polar surface area (TPSA) is 65.8 Å². The SMILES string of the molecule is O=C(c1ccccc1)N1N=C(c2cccnc2)C[C@H]1c1ccccc1O. The second-order valence-electron chi connectivity index (χ2n) is 6.08. The number of benzene rings is 2. The van der Waals surface area contributed by atoms with Crippen LogP contribution in [0.5, 0.6) is 5.75 Å². The molecule has 3 aromatic rings. The number of amides is 1. The summed E-state index contributed by atoms with van der Waals surface area (Å²) in [5.74, 6) is -0.0382. The second kappa shape index (κ2) is 6.80. The first-order chi connectivity index (χ1) is 12.7. The van der Waals surface area contributed by atoms with Crippen molar-refractivity contribution in [3.63, 3.8) is 0 Å². The molecule has 1 aromatic heterocycles. The number of phenolic OH excluding ortho intramolecular Hbond substituents is 1. The number of aromatic nitrogens is 1. The third kappa shape index (κ3) is 2.95. The van der Waals surface area contributed by atoms with E-state index in [-0.39, 0.29) is 17.7 Å². The molecule has 5 heteroatoms. The van der Waals surface area contributed by atoms with E-state index >= 15 is 0 Å². The van der Waals surface area contributed by atoms with Gasteiger partial charge in [0.15, 0.2) is 0 Å². The number of para-hydroxylation sites is 1. The average molecular weight is 343 g/mol. The van der Waals surface area contributed by atoms with Crippen LogP contribution >= 0.6 is 0 Å². The highest BCUT2D eigenvalue weighted by molar-refractivity contribution is 6.04. The molecule has 0 saturated heterocycles. The number of rotatable bonds is 3. The number of phenols is 1. The van der Waals surface area contributed by atoms with E-state index in [4.69, 9.17) is 0 Å². The largest absolute Gasteiger partial charge is 0.508 e. The fourth-order valence-electron chi connectivity index (χ4n) is 3.13. The van der Waals surface area contributed by atoms with Crippen LogP contribution in [0.15, 0.2) is 84.2 Å². The van der Waals surface area contributed by atoms with Gasteiger partial charge in [-0.3, -0.25) is 9.78 Å². The predicted octanol–water partition coefficient (Wildman–Crippen LogP) is 3.78. The lowest BCUT2D eigenvalue weighted by atomic mass is 9.98. The summed E-state index contributed by atoms with van der Waals surface area (Å²) in [6.07, 6.45) is 3.95. The molecule has 4 rings (SSSR count). The summed E-state index contributed by atoms with van der Waals surface area (Å²) in [5, 5.41) is 16.3. The van der Waals surface area contributed by atoms with Gasteiger partial charge in [0.1, 0.15) is 5.75 Å². The van der Waals surface area contributed by atoms with E-state index in [9.17, 15) is 9.90 Å². The zero-order chi connectivity index (χ0) is 17.9. The van der Waals surface area contributed by atoms with Gasteiger partial charge in [-0.25, -0.2) is 5.01 Å². The zero-order valence-electron chi connectivity index (χ0n) is 14.0. The summed E-state index contributed by atoms with van der Waals surface area (Å²) in [7, 11) is 0. The fourth-order valence-corrected chi connectivity index (χ4v) is 3.13. The van der Waals surface area contributed by atoms with Gasteiger partial charge in [0, 0.05) is 35.5 Å². The first-order valence-corrected chi connectivity index (χ1v) is 8.38. The highest BCUT2D eigenvalue weighted by Crippen LogP contribution is 2.37. The van der Waals surface area contributed by atoms with Gasteiger partial charge in [0.05, 0.1) is 11.8 Å². The number of carbonyl (C=O) groups excluding carboxylic acids is 1. The van der Waals surface area contributed by atoms with E-state index in [1.54, 1.807) is 36.7 Å². The molecule has 0 unspecified atom stereocenters. The Balaban J connectivity index is 1.76. The average Bonchev–Trinajstić information content (AvgIpc) is 3.14. The highest BCUT2D eigenvalue weighted by atomic mass is 16.3. The number of hydrogen-bond donors (Lipinski definition) is 1. The van der Waals surface area contributed by atoms with E-state index in [0.29, 0.717) is 17.5 Å². The Bertz CT molecular complexity index is 955. The molecular formula is C21H17N3O2. The van der Waals surface area contributed by atoms with Gasteiger partial charge in [-0.05, 0) is 24.3 Å². The molecule has 0 fully saturated rings. The Morgan fingerprint density at radius 2 is 1.77 bits per heavy atom. The van der Waals surface area contributed by atoms with Crippen molar-refractivity contribution in [2.75, 3.05) is 0 Å². The molecule has 2 aromatic carbocycles. The molecule has 5 nitrogen and oxygen atoms in total. The zero-order valence-corrected chi connectivity index (χ0v) is 14.0. The third-order valence-corrected chi connectivity index (χ3v) is 4.43. The molecule has 128 valence electrons. The van der Waals surface area contributed by atoms with Crippen molar-refractivity contribution in [2.24, 2.45) is 5.10 Å². The van der Waals surface area contributed by atoms with E-state index in [2.05, 4.69) is 10.1 Å². The molecule has 0 saturated carbocycles. The summed E-state index contributed by atoms with van der Waals surface area (Å²) in [6.45, 7) is 0. The van der Waals surface area contributed by atoms with Crippen LogP contribution in [-0.2, 0) is 0 Å². The van der Waals surface area contributed by atoms with Crippen molar-refractivity contribution in [2.45, 2.75) is 12.5 Å². The van der Waals surface area contributed by atoms with Crippen LogP contribution in [0.1, 0.15) is 33.9 Å². The standard InChI is InChI=1S/C21H17N3O2/c25-20-11-5-4-10-17(20)19-13-18(16-9-6-12-22-14-16)23-24(19)21(26)15-7-2-1-3-8-15/h1-12,14,19,25H,13H2/t19-/m0/s1. The maximum Gasteiger partial charge on any atom is 0.274 e. The minimum atomic E-state index is -0.362. The quantitative estimate of drug-likeness (QED) is 0.787. The van der Waals surface area contributed by atoms with Gasteiger partial charge in [0.25, 0.3) is 5.91 Å². The van der Waals surface area contributed by atoms with Gasteiger partial charge in [0.2, 0.25) is 0 Å². The van der Waals surface area contributed by atoms with Crippen LogP contribution in [0.4, 0.5) is 0 Å². The summed E-state index contributed by atoms with van der Waals surface area (Å²) < 4.78 is 0. The van der Waals surface area contributed by atoms with Crippen LogP contribution in [0.3, 0.4) is 0 Å². The van der Waals surface area contributed by atoms with Gasteiger partial charge in [-0.15, -0.1) is 0 Å². The van der Waals surface area contributed by atoms with Crippen LogP contribution < -0.4 is 0 Å². The second-order valence-corrected chi connectivity index (χ2v) is 6.08. The predicted molar refractivity (Wildman–Crippen MR) is 98.9 cm³/mol. The van der Waals surface area contributed by atoms with E-state index in [0.717, 1.165) is 11.3 Å². The van der Waals surface area contributed by atoms with Crippen molar-refractivity contribution >= 4 is 11.6 Å². The molecule has 1 amide bonds. The first-order valence-electron chi connectivity index (χ1n) is 8.38. The molecule has 26 heavy (non-hydrogen) atoms. The Morgan fingerprint density at radius 3 is 2.50 bits per heavy atom.